The van der Waals surface area contributed by atoms with Gasteiger partial charge < -0.3 is 9.13 Å². The fourth-order valence-corrected chi connectivity index (χ4v) is 10.5. The van der Waals surface area contributed by atoms with Crippen LogP contribution in [0.5, 0.6) is 0 Å². The Bertz CT molecular complexity index is 3580. The topological polar surface area (TPSA) is 35.6 Å². The molecule has 0 radical (unpaired) electrons. The van der Waals surface area contributed by atoms with Crippen LogP contribution in [-0.2, 0) is 0 Å². The minimum Gasteiger partial charge on any atom is -0.333 e. The van der Waals surface area contributed by atoms with Gasteiger partial charge in [0.05, 0.1) is 28.5 Å². The Morgan fingerprint density at radius 1 is 0.523 bits per heavy atom. The minimum absolute atomic E-state index is 0.127. The third-order valence-electron chi connectivity index (χ3n) is 13.6. The number of aryl methyl sites for hydroxylation is 1. The lowest BCUT2D eigenvalue weighted by molar-refractivity contribution is 0.648. The van der Waals surface area contributed by atoms with Crippen LogP contribution >= 0.6 is 0 Å². The summed E-state index contributed by atoms with van der Waals surface area (Å²) in [5, 5.41) is 5.05. The molecule has 3 heterocycles. The van der Waals surface area contributed by atoms with E-state index in [-0.39, 0.29) is 5.92 Å². The molecule has 0 saturated carbocycles. The lowest BCUT2D eigenvalue weighted by Gasteiger charge is -2.27. The molecule has 0 amide bonds. The van der Waals surface area contributed by atoms with Crippen molar-refractivity contribution in [2.45, 2.75) is 31.7 Å². The van der Waals surface area contributed by atoms with Crippen LogP contribution < -0.4 is 0 Å². The van der Waals surface area contributed by atoms with E-state index in [0.29, 0.717) is 6.04 Å². The van der Waals surface area contributed by atoms with Crippen molar-refractivity contribution in [2.75, 3.05) is 0 Å². The van der Waals surface area contributed by atoms with Gasteiger partial charge in [0.1, 0.15) is 0 Å². The smallest absolute Gasteiger partial charge is 0.160 e. The fraction of sp³-hybridized carbons (Fsp3) is 0.0820. The summed E-state index contributed by atoms with van der Waals surface area (Å²) in [6.07, 6.45) is 17.5. The zero-order valence-corrected chi connectivity index (χ0v) is 36.3. The summed E-state index contributed by atoms with van der Waals surface area (Å²) in [5.74, 6) is 0.844. The SMILES string of the molecule is C=CC1=C(n2c3ccccc3c3cc(-c4ccc5c(c4)c4ccccc4n5C4C=CC=CC4)ccc32)C=CCC1c1ccc(-c2nc(-c3ccccc3)cc(-c3ccccc3)n2)cc1C. The highest BCUT2D eigenvalue weighted by molar-refractivity contribution is 6.13. The Kier molecular flexibility index (Phi) is 9.45. The van der Waals surface area contributed by atoms with E-state index in [0.717, 1.165) is 52.4 Å². The lowest BCUT2D eigenvalue weighted by Crippen LogP contribution is -2.11. The highest BCUT2D eigenvalue weighted by atomic mass is 15.0. The van der Waals surface area contributed by atoms with Crippen molar-refractivity contribution in [3.8, 4) is 45.0 Å². The van der Waals surface area contributed by atoms with Gasteiger partial charge in [-0.1, -0.05) is 164 Å². The summed E-state index contributed by atoms with van der Waals surface area (Å²) >= 11 is 0. The Morgan fingerprint density at radius 2 is 1.11 bits per heavy atom. The molecule has 3 aromatic heterocycles. The van der Waals surface area contributed by atoms with Crippen LogP contribution in [-0.4, -0.2) is 19.1 Å². The molecule has 2 aliphatic carbocycles. The molecule has 4 nitrogen and oxygen atoms in total. The van der Waals surface area contributed by atoms with E-state index in [9.17, 15) is 0 Å². The summed E-state index contributed by atoms with van der Waals surface area (Å²) in [4.78, 5) is 10.3. The maximum absolute atomic E-state index is 5.13. The molecule has 0 fully saturated rings. The molecule has 310 valence electrons. The Morgan fingerprint density at radius 3 is 1.77 bits per heavy atom. The van der Waals surface area contributed by atoms with Crippen LogP contribution in [0.25, 0.3) is 94.3 Å². The van der Waals surface area contributed by atoms with Gasteiger partial charge in [0, 0.05) is 60.9 Å². The van der Waals surface area contributed by atoms with Crippen LogP contribution in [0, 0.1) is 6.92 Å². The monoisotopic (exact) mass is 834 g/mol. The first kappa shape index (κ1) is 38.6. The minimum atomic E-state index is 0.127. The van der Waals surface area contributed by atoms with Gasteiger partial charge in [-0.3, -0.25) is 0 Å². The molecule has 4 heteroatoms. The zero-order valence-electron chi connectivity index (χ0n) is 36.3. The van der Waals surface area contributed by atoms with Gasteiger partial charge >= 0.3 is 0 Å². The maximum atomic E-state index is 5.13. The van der Waals surface area contributed by atoms with E-state index in [4.69, 9.17) is 9.97 Å². The van der Waals surface area contributed by atoms with Crippen molar-refractivity contribution in [2.24, 2.45) is 0 Å². The van der Waals surface area contributed by atoms with Crippen LogP contribution in [0.4, 0.5) is 0 Å². The second kappa shape index (κ2) is 15.9. The lowest BCUT2D eigenvalue weighted by atomic mass is 9.81. The van der Waals surface area contributed by atoms with Crippen molar-refractivity contribution >= 4 is 49.3 Å². The van der Waals surface area contributed by atoms with Crippen LogP contribution in [0.2, 0.25) is 0 Å². The molecule has 0 saturated heterocycles. The van der Waals surface area contributed by atoms with E-state index in [1.54, 1.807) is 0 Å². The van der Waals surface area contributed by atoms with Gasteiger partial charge in [0.2, 0.25) is 0 Å². The standard InChI is InChI=1S/C61H46N4/c1-3-47-49(48-33-30-45(36-40(48)2)61-62-54(41-18-7-4-8-19-41)39-55(63-61)42-20-9-5-10-21-42)26-17-29-56(47)65-58-28-16-14-25-51(58)53-38-44(32-35-60(53)65)43-31-34-59-52(37-43)50-24-13-15-27-57(50)64(59)46-22-11-6-12-23-46/h3-22,24-25,27-39,46,49H,1,23,26H2,2H3. The Labute approximate surface area is 379 Å². The first-order valence-corrected chi connectivity index (χ1v) is 22.7. The number of hydrogen-bond donors (Lipinski definition) is 0. The molecule has 0 N–H and O–H groups in total. The molecule has 2 atom stereocenters. The van der Waals surface area contributed by atoms with Crippen molar-refractivity contribution < 1.29 is 0 Å². The predicted molar refractivity (Wildman–Crippen MR) is 273 cm³/mol. The van der Waals surface area contributed by atoms with Gasteiger partial charge in [-0.05, 0) is 102 Å². The molecule has 0 aliphatic heterocycles. The zero-order chi connectivity index (χ0) is 43.4. The number of rotatable bonds is 8. The highest BCUT2D eigenvalue weighted by Gasteiger charge is 2.26. The number of aromatic nitrogens is 4. The maximum Gasteiger partial charge on any atom is 0.160 e. The number of fused-ring (bicyclic) bond motifs is 6. The van der Waals surface area contributed by atoms with Crippen molar-refractivity contribution in [3.63, 3.8) is 0 Å². The molecule has 12 rings (SSSR count). The molecular formula is C61H46N4. The molecular weight excluding hydrogens is 789 g/mol. The van der Waals surface area contributed by atoms with Crippen molar-refractivity contribution in [1.29, 1.82) is 0 Å². The molecule has 2 unspecified atom stereocenters. The Balaban J connectivity index is 0.937. The van der Waals surface area contributed by atoms with E-state index in [2.05, 4.69) is 223 Å². The number of nitrogens with zero attached hydrogens (tertiary/aromatic N) is 4. The summed E-state index contributed by atoms with van der Waals surface area (Å²) in [6, 6.07) is 61.6. The molecule has 65 heavy (non-hydrogen) atoms. The third kappa shape index (κ3) is 6.60. The fourth-order valence-electron chi connectivity index (χ4n) is 10.5. The number of allylic oxidation sites excluding steroid dienone is 9. The average Bonchev–Trinajstić information content (AvgIpc) is 3.89. The average molecular weight is 835 g/mol. The second-order valence-electron chi connectivity index (χ2n) is 17.3. The van der Waals surface area contributed by atoms with Gasteiger partial charge in [-0.25, -0.2) is 9.97 Å². The molecule has 0 spiro atoms. The second-order valence-corrected chi connectivity index (χ2v) is 17.3. The summed E-state index contributed by atoms with van der Waals surface area (Å²) in [6.45, 7) is 6.67. The summed E-state index contributed by atoms with van der Waals surface area (Å²) < 4.78 is 4.96. The number of benzene rings is 7. The molecule has 2 aliphatic rings. The van der Waals surface area contributed by atoms with Crippen molar-refractivity contribution in [1.82, 2.24) is 19.1 Å². The van der Waals surface area contributed by atoms with Crippen LogP contribution in [0.3, 0.4) is 0 Å². The predicted octanol–water partition coefficient (Wildman–Crippen LogP) is 15.9. The van der Waals surface area contributed by atoms with E-state index in [1.807, 2.05) is 12.1 Å². The van der Waals surface area contributed by atoms with Crippen LogP contribution in [0.1, 0.15) is 35.9 Å². The quantitative estimate of drug-likeness (QED) is 0.153. The molecule has 10 aromatic rings. The molecule has 7 aromatic carbocycles. The normalized spacial score (nSPS) is 16.1. The molecule has 0 bridgehead atoms. The Hall–Kier alpha value is -8.08. The van der Waals surface area contributed by atoms with Gasteiger partial charge in [0.25, 0.3) is 0 Å². The van der Waals surface area contributed by atoms with Crippen molar-refractivity contribution in [3.05, 3.63) is 236 Å². The van der Waals surface area contributed by atoms with Gasteiger partial charge in [-0.2, -0.15) is 0 Å². The number of para-hydroxylation sites is 2. The first-order valence-electron chi connectivity index (χ1n) is 22.7. The van der Waals surface area contributed by atoms with E-state index >= 15 is 0 Å². The van der Waals surface area contributed by atoms with E-state index < -0.39 is 0 Å². The van der Waals surface area contributed by atoms with Crippen LogP contribution in [0.15, 0.2) is 225 Å². The number of hydrogen-bond acceptors (Lipinski definition) is 2. The largest absolute Gasteiger partial charge is 0.333 e. The highest BCUT2D eigenvalue weighted by Crippen LogP contribution is 2.44. The van der Waals surface area contributed by atoms with Gasteiger partial charge in [-0.15, -0.1) is 0 Å². The van der Waals surface area contributed by atoms with E-state index in [1.165, 1.54) is 71.4 Å². The third-order valence-corrected chi connectivity index (χ3v) is 13.6. The summed E-state index contributed by atoms with van der Waals surface area (Å²) in [7, 11) is 0. The summed E-state index contributed by atoms with van der Waals surface area (Å²) in [5.41, 5.74) is 17.1. The first-order chi connectivity index (χ1) is 32.1. The van der Waals surface area contributed by atoms with Gasteiger partial charge in [0.15, 0.2) is 5.82 Å².